The lowest BCUT2D eigenvalue weighted by Gasteiger charge is -2.07. The lowest BCUT2D eigenvalue weighted by Crippen LogP contribution is -2.13. The van der Waals surface area contributed by atoms with Gasteiger partial charge in [0.15, 0.2) is 5.82 Å². The smallest absolute Gasteiger partial charge is 0.239 e. The molecule has 1 unspecified atom stereocenters. The standard InChI is InChI=1S/C8H14ClN5OS/c1-16(15)4-2-3-11-7-6(9)5-12-8(13-7)14-10/h5H,2-4,10H2,1H3,(H2,11,12,13,14). The molecule has 6 nitrogen and oxygen atoms in total. The van der Waals surface area contributed by atoms with Crippen LogP contribution >= 0.6 is 11.6 Å². The van der Waals surface area contributed by atoms with Crippen molar-refractivity contribution in [3.63, 3.8) is 0 Å². The molecule has 1 heterocycles. The van der Waals surface area contributed by atoms with Crippen molar-refractivity contribution in [2.24, 2.45) is 5.84 Å². The second kappa shape index (κ2) is 6.62. The SMILES string of the molecule is CS(=O)CCCNc1nc(NN)ncc1Cl. The highest BCUT2D eigenvalue weighted by atomic mass is 35.5. The predicted molar refractivity (Wildman–Crippen MR) is 66.9 cm³/mol. The van der Waals surface area contributed by atoms with Crippen molar-refractivity contribution < 1.29 is 4.21 Å². The van der Waals surface area contributed by atoms with Crippen LogP contribution in [-0.4, -0.2) is 32.7 Å². The molecule has 0 aliphatic heterocycles. The fourth-order valence-electron chi connectivity index (χ4n) is 1.04. The van der Waals surface area contributed by atoms with Crippen molar-refractivity contribution in [1.29, 1.82) is 0 Å². The molecule has 0 saturated carbocycles. The van der Waals surface area contributed by atoms with E-state index in [4.69, 9.17) is 17.4 Å². The minimum Gasteiger partial charge on any atom is -0.369 e. The normalized spacial score (nSPS) is 12.2. The minimum absolute atomic E-state index is 0.297. The maximum absolute atomic E-state index is 10.8. The largest absolute Gasteiger partial charge is 0.369 e. The summed E-state index contributed by atoms with van der Waals surface area (Å²) in [5, 5.41) is 3.46. The molecule has 0 aliphatic rings. The highest BCUT2D eigenvalue weighted by molar-refractivity contribution is 7.84. The fraction of sp³-hybridized carbons (Fsp3) is 0.500. The van der Waals surface area contributed by atoms with E-state index >= 15 is 0 Å². The quantitative estimate of drug-likeness (QED) is 0.395. The van der Waals surface area contributed by atoms with Gasteiger partial charge in [-0.1, -0.05) is 11.6 Å². The molecule has 16 heavy (non-hydrogen) atoms. The Morgan fingerprint density at radius 1 is 1.62 bits per heavy atom. The van der Waals surface area contributed by atoms with E-state index in [1.54, 1.807) is 6.26 Å². The molecular weight excluding hydrogens is 250 g/mol. The van der Waals surface area contributed by atoms with Gasteiger partial charge >= 0.3 is 0 Å². The van der Waals surface area contributed by atoms with Crippen molar-refractivity contribution in [3.05, 3.63) is 11.2 Å². The number of nitrogens with one attached hydrogen (secondary N) is 2. The van der Waals surface area contributed by atoms with Gasteiger partial charge in [-0.25, -0.2) is 10.8 Å². The summed E-state index contributed by atoms with van der Waals surface area (Å²) in [6, 6.07) is 0. The zero-order valence-corrected chi connectivity index (χ0v) is 10.4. The summed E-state index contributed by atoms with van der Waals surface area (Å²) in [6.07, 6.45) is 3.92. The van der Waals surface area contributed by atoms with Crippen LogP contribution in [0, 0.1) is 0 Å². The molecule has 8 heteroatoms. The van der Waals surface area contributed by atoms with Crippen LogP contribution in [0.25, 0.3) is 0 Å². The predicted octanol–water partition coefficient (Wildman–Crippen LogP) is 0.596. The van der Waals surface area contributed by atoms with Crippen molar-refractivity contribution >= 4 is 34.2 Å². The molecule has 0 bridgehead atoms. The van der Waals surface area contributed by atoms with E-state index in [9.17, 15) is 4.21 Å². The lowest BCUT2D eigenvalue weighted by atomic mass is 10.4. The Hall–Kier alpha value is -0.920. The minimum atomic E-state index is -0.773. The van der Waals surface area contributed by atoms with E-state index in [1.165, 1.54) is 6.20 Å². The van der Waals surface area contributed by atoms with Crippen molar-refractivity contribution in [3.8, 4) is 0 Å². The van der Waals surface area contributed by atoms with Gasteiger partial charge in [0.2, 0.25) is 5.95 Å². The zero-order valence-electron chi connectivity index (χ0n) is 8.86. The van der Waals surface area contributed by atoms with E-state index in [-0.39, 0.29) is 0 Å². The number of hydrogen-bond donors (Lipinski definition) is 3. The fourth-order valence-corrected chi connectivity index (χ4v) is 1.75. The van der Waals surface area contributed by atoms with Gasteiger partial charge in [-0.3, -0.25) is 9.63 Å². The lowest BCUT2D eigenvalue weighted by molar-refractivity contribution is 0.685. The Morgan fingerprint density at radius 3 is 3.00 bits per heavy atom. The number of nitrogen functional groups attached to an aromatic ring is 1. The molecular formula is C8H14ClN5OS. The van der Waals surface area contributed by atoms with E-state index in [2.05, 4.69) is 20.7 Å². The number of halogens is 1. The number of aromatic nitrogens is 2. The third kappa shape index (κ3) is 4.30. The maximum Gasteiger partial charge on any atom is 0.239 e. The maximum atomic E-state index is 10.8. The highest BCUT2D eigenvalue weighted by Crippen LogP contribution is 2.18. The Labute approximate surface area is 101 Å². The van der Waals surface area contributed by atoms with Gasteiger partial charge in [-0.05, 0) is 6.42 Å². The molecule has 1 rings (SSSR count). The monoisotopic (exact) mass is 263 g/mol. The summed E-state index contributed by atoms with van der Waals surface area (Å²) >= 11 is 5.88. The number of anilines is 2. The van der Waals surface area contributed by atoms with Crippen LogP contribution in [0.4, 0.5) is 11.8 Å². The molecule has 1 atom stereocenters. The van der Waals surface area contributed by atoms with Crippen molar-refractivity contribution in [2.75, 3.05) is 29.3 Å². The molecule has 0 saturated heterocycles. The summed E-state index contributed by atoms with van der Waals surface area (Å²) < 4.78 is 10.8. The molecule has 90 valence electrons. The van der Waals surface area contributed by atoms with Gasteiger partial charge in [0.1, 0.15) is 5.02 Å². The van der Waals surface area contributed by atoms with E-state index in [0.29, 0.717) is 29.1 Å². The van der Waals surface area contributed by atoms with E-state index in [0.717, 1.165) is 6.42 Å². The summed E-state index contributed by atoms with van der Waals surface area (Å²) in [7, 11) is -0.773. The Morgan fingerprint density at radius 2 is 2.38 bits per heavy atom. The number of rotatable bonds is 6. The second-order valence-electron chi connectivity index (χ2n) is 3.09. The van der Waals surface area contributed by atoms with Crippen LogP contribution < -0.4 is 16.6 Å². The summed E-state index contributed by atoms with van der Waals surface area (Å²) in [6.45, 7) is 0.653. The molecule has 0 spiro atoms. The van der Waals surface area contributed by atoms with E-state index in [1.807, 2.05) is 0 Å². The highest BCUT2D eigenvalue weighted by Gasteiger charge is 2.03. The third-order valence-electron chi connectivity index (χ3n) is 1.77. The van der Waals surface area contributed by atoms with Gasteiger partial charge in [-0.15, -0.1) is 0 Å². The number of nitrogens with two attached hydrogens (primary N) is 1. The van der Waals surface area contributed by atoms with Gasteiger partial charge < -0.3 is 5.32 Å². The van der Waals surface area contributed by atoms with Gasteiger partial charge in [-0.2, -0.15) is 4.98 Å². The number of nitrogens with zero attached hydrogens (tertiary/aromatic N) is 2. The Balaban J connectivity index is 2.49. The summed E-state index contributed by atoms with van der Waals surface area (Å²) in [5.41, 5.74) is 2.33. The summed E-state index contributed by atoms with van der Waals surface area (Å²) in [5.74, 6) is 6.64. The average Bonchev–Trinajstić information content (AvgIpc) is 2.26. The molecule has 0 fully saturated rings. The van der Waals surface area contributed by atoms with Crippen LogP contribution in [0.3, 0.4) is 0 Å². The first kappa shape index (κ1) is 13.1. The molecule has 4 N–H and O–H groups in total. The second-order valence-corrected chi connectivity index (χ2v) is 5.05. The van der Waals surface area contributed by atoms with Crippen molar-refractivity contribution in [2.45, 2.75) is 6.42 Å². The molecule has 1 aromatic heterocycles. The first-order valence-corrected chi connectivity index (χ1v) is 6.77. The Bertz CT molecular complexity index is 375. The van der Waals surface area contributed by atoms with Gasteiger partial charge in [0.05, 0.1) is 6.20 Å². The molecule has 1 aromatic rings. The summed E-state index contributed by atoms with van der Waals surface area (Å²) in [4.78, 5) is 7.89. The van der Waals surface area contributed by atoms with Gasteiger partial charge in [0, 0.05) is 29.4 Å². The zero-order chi connectivity index (χ0) is 12.0. The Kier molecular flexibility index (Phi) is 5.44. The van der Waals surface area contributed by atoms with Crippen LogP contribution in [0.15, 0.2) is 6.20 Å². The molecule has 0 radical (unpaired) electrons. The van der Waals surface area contributed by atoms with Crippen molar-refractivity contribution in [1.82, 2.24) is 9.97 Å². The molecule has 0 amide bonds. The van der Waals surface area contributed by atoms with Crippen LogP contribution in [0.2, 0.25) is 5.02 Å². The number of hydrazine groups is 1. The third-order valence-corrected chi connectivity index (χ3v) is 2.91. The number of hydrogen-bond acceptors (Lipinski definition) is 6. The van der Waals surface area contributed by atoms with Crippen LogP contribution in [0.1, 0.15) is 6.42 Å². The van der Waals surface area contributed by atoms with Gasteiger partial charge in [0.25, 0.3) is 0 Å². The van der Waals surface area contributed by atoms with Crippen LogP contribution in [-0.2, 0) is 10.8 Å². The van der Waals surface area contributed by atoms with Crippen LogP contribution in [0.5, 0.6) is 0 Å². The molecule has 0 aromatic carbocycles. The molecule has 0 aliphatic carbocycles. The van der Waals surface area contributed by atoms with E-state index < -0.39 is 10.8 Å². The average molecular weight is 264 g/mol. The topological polar surface area (TPSA) is 92.9 Å². The first-order valence-electron chi connectivity index (χ1n) is 4.66. The first-order chi connectivity index (χ1) is 7.63.